The fourth-order valence-electron chi connectivity index (χ4n) is 1.31. The minimum Gasteiger partial charge on any atom is -0.321 e. The number of para-hydroxylation sites is 1. The molecule has 1 rings (SSSR count). The Morgan fingerprint density at radius 2 is 1.82 bits per heavy atom. The smallest absolute Gasteiger partial charge is 0.276 e. The van der Waals surface area contributed by atoms with E-state index in [0.29, 0.717) is 11.3 Å². The van der Waals surface area contributed by atoms with Crippen LogP contribution < -0.4 is 5.32 Å². The van der Waals surface area contributed by atoms with E-state index in [1.165, 1.54) is 6.92 Å². The van der Waals surface area contributed by atoms with Crippen LogP contribution >= 0.6 is 34.8 Å². The van der Waals surface area contributed by atoms with E-state index >= 15 is 0 Å². The van der Waals surface area contributed by atoms with Crippen LogP contribution in [0.5, 0.6) is 0 Å². The van der Waals surface area contributed by atoms with Crippen LogP contribution in [0.4, 0.5) is 5.69 Å². The molecule has 0 atom stereocenters. The van der Waals surface area contributed by atoms with Gasteiger partial charge < -0.3 is 5.32 Å². The molecule has 0 unspecified atom stereocenters. The van der Waals surface area contributed by atoms with E-state index in [1.54, 1.807) is 25.1 Å². The number of alkyl halides is 3. The van der Waals surface area contributed by atoms with Crippen LogP contribution in [0.15, 0.2) is 18.2 Å². The molecular weight excluding hydrogens is 284 g/mol. The van der Waals surface area contributed by atoms with Gasteiger partial charge in [0.1, 0.15) is 0 Å². The molecule has 0 aliphatic carbocycles. The molecule has 1 amide bonds. The van der Waals surface area contributed by atoms with E-state index in [0.717, 1.165) is 5.56 Å². The monoisotopic (exact) mass is 293 g/mol. The number of ketones is 1. The van der Waals surface area contributed by atoms with Gasteiger partial charge in [0.2, 0.25) is 0 Å². The number of benzene rings is 1. The van der Waals surface area contributed by atoms with Crippen LogP contribution in [-0.2, 0) is 4.79 Å². The third-order valence-corrected chi connectivity index (χ3v) is 2.66. The van der Waals surface area contributed by atoms with Gasteiger partial charge in [0.25, 0.3) is 9.70 Å². The molecule has 0 heterocycles. The third-order valence-electron chi connectivity index (χ3n) is 2.15. The number of nitrogens with one attached hydrogen (secondary N) is 1. The van der Waals surface area contributed by atoms with Crippen molar-refractivity contribution in [1.29, 1.82) is 0 Å². The topological polar surface area (TPSA) is 46.2 Å². The van der Waals surface area contributed by atoms with Gasteiger partial charge in [0.05, 0.1) is 5.69 Å². The second kappa shape index (κ2) is 5.25. The van der Waals surface area contributed by atoms with Gasteiger partial charge in [0.15, 0.2) is 5.78 Å². The number of hydrogen-bond donors (Lipinski definition) is 1. The Morgan fingerprint density at radius 3 is 2.29 bits per heavy atom. The third kappa shape index (κ3) is 3.60. The number of rotatable bonds is 2. The lowest BCUT2D eigenvalue weighted by molar-refractivity contribution is -0.115. The second-order valence-corrected chi connectivity index (χ2v) is 5.79. The summed E-state index contributed by atoms with van der Waals surface area (Å²) in [6.45, 7) is 3.15. The van der Waals surface area contributed by atoms with Crippen molar-refractivity contribution in [3.63, 3.8) is 0 Å². The average Bonchev–Trinajstić information content (AvgIpc) is 2.18. The lowest BCUT2D eigenvalue weighted by Crippen LogP contribution is -2.28. The van der Waals surface area contributed by atoms with Crippen molar-refractivity contribution in [1.82, 2.24) is 0 Å². The molecule has 92 valence electrons. The molecule has 0 aliphatic heterocycles. The van der Waals surface area contributed by atoms with Crippen LogP contribution in [-0.4, -0.2) is 15.5 Å². The van der Waals surface area contributed by atoms with E-state index in [1.807, 2.05) is 0 Å². The molecule has 0 saturated heterocycles. The first-order valence-corrected chi connectivity index (χ1v) is 5.85. The summed E-state index contributed by atoms with van der Waals surface area (Å²) in [6.07, 6.45) is 0. The fraction of sp³-hybridized carbons (Fsp3) is 0.273. The molecular formula is C11H10Cl3NO2. The minimum absolute atomic E-state index is 0.173. The number of carbonyl (C=O) groups is 2. The second-order valence-electron chi connectivity index (χ2n) is 3.51. The first kappa shape index (κ1) is 14.3. The van der Waals surface area contributed by atoms with Crippen molar-refractivity contribution in [3.8, 4) is 0 Å². The molecule has 6 heteroatoms. The summed E-state index contributed by atoms with van der Waals surface area (Å²) in [4.78, 5) is 22.9. The zero-order valence-corrected chi connectivity index (χ0v) is 11.5. The zero-order chi connectivity index (χ0) is 13.2. The maximum atomic E-state index is 11.5. The molecule has 1 aromatic carbocycles. The van der Waals surface area contributed by atoms with E-state index in [4.69, 9.17) is 34.8 Å². The van der Waals surface area contributed by atoms with Gasteiger partial charge in [-0.1, -0.05) is 46.9 Å². The molecule has 1 aromatic rings. The highest BCUT2D eigenvalue weighted by Gasteiger charge is 2.31. The minimum atomic E-state index is -2.06. The van der Waals surface area contributed by atoms with Crippen molar-refractivity contribution < 1.29 is 9.59 Å². The maximum absolute atomic E-state index is 11.5. The van der Waals surface area contributed by atoms with E-state index in [9.17, 15) is 9.59 Å². The molecule has 0 radical (unpaired) electrons. The Balaban J connectivity index is 3.14. The largest absolute Gasteiger partial charge is 0.321 e. The van der Waals surface area contributed by atoms with Crippen LogP contribution in [0.2, 0.25) is 0 Å². The van der Waals surface area contributed by atoms with Gasteiger partial charge >= 0.3 is 0 Å². The first-order valence-electron chi connectivity index (χ1n) is 4.72. The van der Waals surface area contributed by atoms with E-state index in [-0.39, 0.29) is 5.78 Å². The summed E-state index contributed by atoms with van der Waals surface area (Å²) in [5, 5.41) is 2.44. The Kier molecular flexibility index (Phi) is 4.42. The quantitative estimate of drug-likeness (QED) is 0.670. The predicted molar refractivity (Wildman–Crippen MR) is 70.1 cm³/mol. The SMILES string of the molecule is CC(=O)c1cccc(C)c1NC(=O)C(Cl)(Cl)Cl. The van der Waals surface area contributed by atoms with Crippen LogP contribution in [0.1, 0.15) is 22.8 Å². The molecule has 3 nitrogen and oxygen atoms in total. The number of Topliss-reactive ketones (excluding diaryl/α,β-unsaturated/α-hetero) is 1. The van der Waals surface area contributed by atoms with Crippen molar-refractivity contribution >= 4 is 52.2 Å². The average molecular weight is 295 g/mol. The van der Waals surface area contributed by atoms with Gasteiger partial charge in [-0.05, 0) is 25.5 Å². The summed E-state index contributed by atoms with van der Waals surface area (Å²) >= 11 is 16.4. The highest BCUT2D eigenvalue weighted by atomic mass is 35.6. The van der Waals surface area contributed by atoms with Crippen molar-refractivity contribution in [2.24, 2.45) is 0 Å². The van der Waals surface area contributed by atoms with Crippen molar-refractivity contribution in [2.45, 2.75) is 17.6 Å². The fourth-order valence-corrected chi connectivity index (χ4v) is 1.45. The number of amides is 1. The Bertz CT molecular complexity index is 466. The molecule has 17 heavy (non-hydrogen) atoms. The normalized spacial score (nSPS) is 11.1. The van der Waals surface area contributed by atoms with Crippen LogP contribution in [0.3, 0.4) is 0 Å². The molecule has 0 aliphatic rings. The maximum Gasteiger partial charge on any atom is 0.276 e. The molecule has 0 spiro atoms. The number of aryl methyl sites for hydroxylation is 1. The highest BCUT2D eigenvalue weighted by Crippen LogP contribution is 2.29. The molecule has 0 fully saturated rings. The highest BCUT2D eigenvalue weighted by molar-refractivity contribution is 6.76. The lowest BCUT2D eigenvalue weighted by atomic mass is 10.1. The van der Waals surface area contributed by atoms with E-state index in [2.05, 4.69) is 5.32 Å². The van der Waals surface area contributed by atoms with Crippen molar-refractivity contribution in [3.05, 3.63) is 29.3 Å². The summed E-state index contributed by atoms with van der Waals surface area (Å²) < 4.78 is -2.06. The Labute approximate surface area is 114 Å². The number of carbonyl (C=O) groups excluding carboxylic acids is 2. The first-order chi connectivity index (χ1) is 7.73. The Morgan fingerprint density at radius 1 is 1.24 bits per heavy atom. The number of anilines is 1. The van der Waals surface area contributed by atoms with Crippen molar-refractivity contribution in [2.75, 3.05) is 5.32 Å². The summed E-state index contributed by atoms with van der Waals surface area (Å²) in [5.74, 6) is -0.965. The summed E-state index contributed by atoms with van der Waals surface area (Å²) in [6, 6.07) is 5.07. The zero-order valence-electron chi connectivity index (χ0n) is 9.18. The molecule has 1 N–H and O–H groups in total. The number of halogens is 3. The van der Waals surface area contributed by atoms with Gasteiger partial charge in [0, 0.05) is 5.56 Å². The van der Waals surface area contributed by atoms with Gasteiger partial charge in [-0.25, -0.2) is 0 Å². The van der Waals surface area contributed by atoms with Gasteiger partial charge in [-0.15, -0.1) is 0 Å². The molecule has 0 saturated carbocycles. The summed E-state index contributed by atoms with van der Waals surface area (Å²) in [5.41, 5.74) is 1.48. The summed E-state index contributed by atoms with van der Waals surface area (Å²) in [7, 11) is 0. The lowest BCUT2D eigenvalue weighted by Gasteiger charge is -2.15. The van der Waals surface area contributed by atoms with Gasteiger partial charge in [-0.2, -0.15) is 0 Å². The van der Waals surface area contributed by atoms with Gasteiger partial charge in [-0.3, -0.25) is 9.59 Å². The molecule has 0 aromatic heterocycles. The molecule has 0 bridgehead atoms. The van der Waals surface area contributed by atoms with Crippen LogP contribution in [0.25, 0.3) is 0 Å². The number of hydrogen-bond acceptors (Lipinski definition) is 2. The standard InChI is InChI=1S/C11H10Cl3NO2/c1-6-4-3-5-8(7(2)16)9(6)15-10(17)11(12,13)14/h3-5H,1-2H3,(H,15,17). The van der Waals surface area contributed by atoms with Crippen LogP contribution in [0, 0.1) is 6.92 Å². The van der Waals surface area contributed by atoms with E-state index < -0.39 is 9.70 Å². The predicted octanol–water partition coefficient (Wildman–Crippen LogP) is 3.51. The Hall–Kier alpha value is -0.770.